The average molecular weight is 377 g/mol. The molecule has 0 saturated carbocycles. The van der Waals surface area contributed by atoms with Gasteiger partial charge in [-0.1, -0.05) is 19.9 Å². The molecule has 7 nitrogen and oxygen atoms in total. The van der Waals surface area contributed by atoms with Crippen LogP contribution in [0.2, 0.25) is 0 Å². The SMILES string of the molecule is CC(C)C(=O)N1CCOCC2(CN(Cc3ccc(N(C)C)nc3)CCO2)C1. The number of rotatable bonds is 4. The Labute approximate surface area is 162 Å². The summed E-state index contributed by atoms with van der Waals surface area (Å²) >= 11 is 0. The highest BCUT2D eigenvalue weighted by Crippen LogP contribution is 2.24. The molecule has 1 aromatic rings. The molecule has 0 radical (unpaired) electrons. The Bertz CT molecular complexity index is 635. The lowest BCUT2D eigenvalue weighted by Gasteiger charge is -2.43. The number of hydrogen-bond donors (Lipinski definition) is 0. The van der Waals surface area contributed by atoms with Gasteiger partial charge in [-0.3, -0.25) is 9.69 Å². The van der Waals surface area contributed by atoms with Crippen molar-refractivity contribution >= 4 is 11.7 Å². The predicted molar refractivity (Wildman–Crippen MR) is 105 cm³/mol. The molecule has 2 aliphatic heterocycles. The number of ether oxygens (including phenoxy) is 2. The Balaban J connectivity index is 1.67. The first kappa shape index (κ1) is 20.0. The van der Waals surface area contributed by atoms with Gasteiger partial charge in [0.05, 0.1) is 26.4 Å². The second-order valence-corrected chi connectivity index (χ2v) is 8.13. The summed E-state index contributed by atoms with van der Waals surface area (Å²) in [6.45, 7) is 9.32. The van der Waals surface area contributed by atoms with Crippen LogP contribution in [-0.4, -0.2) is 86.4 Å². The van der Waals surface area contributed by atoms with Crippen molar-refractivity contribution in [1.29, 1.82) is 0 Å². The van der Waals surface area contributed by atoms with Gasteiger partial charge in [0.2, 0.25) is 5.91 Å². The normalized spacial score (nSPS) is 24.3. The molecule has 7 heteroatoms. The molecule has 0 aromatic carbocycles. The van der Waals surface area contributed by atoms with Gasteiger partial charge in [-0.15, -0.1) is 0 Å². The first-order chi connectivity index (χ1) is 12.9. The van der Waals surface area contributed by atoms with E-state index in [1.807, 2.05) is 50.0 Å². The van der Waals surface area contributed by atoms with Gasteiger partial charge in [-0.25, -0.2) is 4.98 Å². The first-order valence-corrected chi connectivity index (χ1v) is 9.74. The highest BCUT2D eigenvalue weighted by Gasteiger charge is 2.41. The fourth-order valence-corrected chi connectivity index (χ4v) is 3.73. The van der Waals surface area contributed by atoms with Crippen LogP contribution in [0.5, 0.6) is 0 Å². The molecule has 1 unspecified atom stereocenters. The monoisotopic (exact) mass is 376 g/mol. The Morgan fingerprint density at radius 1 is 1.26 bits per heavy atom. The number of pyridine rings is 1. The lowest BCUT2D eigenvalue weighted by Crippen LogP contribution is -2.59. The van der Waals surface area contributed by atoms with Crippen molar-refractivity contribution in [3.8, 4) is 0 Å². The molecule has 3 rings (SSSR count). The van der Waals surface area contributed by atoms with E-state index >= 15 is 0 Å². The van der Waals surface area contributed by atoms with E-state index in [1.165, 1.54) is 5.56 Å². The third-order valence-corrected chi connectivity index (χ3v) is 5.16. The molecule has 0 bridgehead atoms. The number of hydrogen-bond acceptors (Lipinski definition) is 6. The predicted octanol–water partition coefficient (Wildman–Crippen LogP) is 1.23. The minimum Gasteiger partial charge on any atom is -0.376 e. The number of aromatic nitrogens is 1. The maximum atomic E-state index is 12.5. The van der Waals surface area contributed by atoms with E-state index < -0.39 is 5.60 Å². The van der Waals surface area contributed by atoms with Crippen molar-refractivity contribution in [2.75, 3.05) is 65.0 Å². The Kier molecular flexibility index (Phi) is 6.34. The van der Waals surface area contributed by atoms with Gasteiger partial charge in [0.25, 0.3) is 0 Å². The van der Waals surface area contributed by atoms with Crippen LogP contribution in [0.3, 0.4) is 0 Å². The van der Waals surface area contributed by atoms with Crippen LogP contribution in [0.1, 0.15) is 19.4 Å². The number of anilines is 1. The third kappa shape index (κ3) is 4.97. The summed E-state index contributed by atoms with van der Waals surface area (Å²) in [5, 5.41) is 0. The summed E-state index contributed by atoms with van der Waals surface area (Å²) in [5.74, 6) is 1.11. The van der Waals surface area contributed by atoms with E-state index in [4.69, 9.17) is 9.47 Å². The zero-order valence-corrected chi connectivity index (χ0v) is 17.0. The molecule has 2 aliphatic rings. The fraction of sp³-hybridized carbons (Fsp3) is 0.700. The summed E-state index contributed by atoms with van der Waals surface area (Å²) in [7, 11) is 3.98. The minimum atomic E-state index is -0.448. The van der Waals surface area contributed by atoms with Gasteiger partial charge < -0.3 is 19.3 Å². The number of amides is 1. The molecule has 2 saturated heterocycles. The molecule has 1 spiro atoms. The second-order valence-electron chi connectivity index (χ2n) is 8.13. The summed E-state index contributed by atoms with van der Waals surface area (Å²) in [5.41, 5.74) is 0.735. The number of carbonyl (C=O) groups excluding carboxylic acids is 1. The summed E-state index contributed by atoms with van der Waals surface area (Å²) in [6, 6.07) is 4.17. The van der Waals surface area contributed by atoms with Gasteiger partial charge in [-0.05, 0) is 11.6 Å². The Morgan fingerprint density at radius 2 is 2.07 bits per heavy atom. The maximum Gasteiger partial charge on any atom is 0.225 e. The molecule has 1 aromatic heterocycles. The van der Waals surface area contributed by atoms with Gasteiger partial charge in [0, 0.05) is 52.4 Å². The molecule has 1 atom stereocenters. The van der Waals surface area contributed by atoms with Crippen LogP contribution >= 0.6 is 0 Å². The van der Waals surface area contributed by atoms with E-state index in [0.717, 1.165) is 25.5 Å². The van der Waals surface area contributed by atoms with Crippen LogP contribution in [-0.2, 0) is 20.8 Å². The van der Waals surface area contributed by atoms with Crippen molar-refractivity contribution in [3.63, 3.8) is 0 Å². The quantitative estimate of drug-likeness (QED) is 0.788. The largest absolute Gasteiger partial charge is 0.376 e. The summed E-state index contributed by atoms with van der Waals surface area (Å²) < 4.78 is 12.0. The molecule has 27 heavy (non-hydrogen) atoms. The standard InChI is InChI=1S/C20H32N4O3/c1-16(2)19(25)24-8-9-26-15-20(14-24)13-23(7-10-27-20)12-17-5-6-18(21-11-17)22(3)4/h5-6,11,16H,7-10,12-15H2,1-4H3. The Morgan fingerprint density at radius 3 is 2.74 bits per heavy atom. The summed E-state index contributed by atoms with van der Waals surface area (Å²) in [4.78, 5) is 23.3. The zero-order chi connectivity index (χ0) is 19.4. The fourth-order valence-electron chi connectivity index (χ4n) is 3.73. The first-order valence-electron chi connectivity index (χ1n) is 9.74. The molecule has 3 heterocycles. The highest BCUT2D eigenvalue weighted by atomic mass is 16.5. The number of morpholine rings is 1. The van der Waals surface area contributed by atoms with Gasteiger partial charge in [0.1, 0.15) is 11.4 Å². The average Bonchev–Trinajstić information content (AvgIpc) is 2.84. The zero-order valence-electron chi connectivity index (χ0n) is 17.0. The molecule has 1 amide bonds. The van der Waals surface area contributed by atoms with Crippen LogP contribution in [0.25, 0.3) is 0 Å². The Hall–Kier alpha value is -1.70. The minimum absolute atomic E-state index is 0.0128. The van der Waals surface area contributed by atoms with Crippen LogP contribution in [0, 0.1) is 5.92 Å². The van der Waals surface area contributed by atoms with E-state index in [-0.39, 0.29) is 11.8 Å². The van der Waals surface area contributed by atoms with Crippen molar-refractivity contribution in [1.82, 2.24) is 14.8 Å². The highest BCUT2D eigenvalue weighted by molar-refractivity contribution is 5.78. The van der Waals surface area contributed by atoms with Gasteiger partial charge >= 0.3 is 0 Å². The van der Waals surface area contributed by atoms with Crippen LogP contribution in [0.4, 0.5) is 5.82 Å². The maximum absolute atomic E-state index is 12.5. The van der Waals surface area contributed by atoms with Crippen molar-refractivity contribution < 1.29 is 14.3 Å². The molecule has 150 valence electrons. The van der Waals surface area contributed by atoms with Crippen molar-refractivity contribution in [3.05, 3.63) is 23.9 Å². The van der Waals surface area contributed by atoms with Crippen molar-refractivity contribution in [2.24, 2.45) is 5.92 Å². The topological polar surface area (TPSA) is 58.1 Å². The lowest BCUT2D eigenvalue weighted by atomic mass is 10.0. The van der Waals surface area contributed by atoms with E-state index in [9.17, 15) is 4.79 Å². The molecule has 2 fully saturated rings. The lowest BCUT2D eigenvalue weighted by molar-refractivity contribution is -0.153. The second kappa shape index (κ2) is 8.54. The molecule has 0 N–H and O–H groups in total. The van der Waals surface area contributed by atoms with E-state index in [2.05, 4.69) is 16.0 Å². The molecular weight excluding hydrogens is 344 g/mol. The summed E-state index contributed by atoms with van der Waals surface area (Å²) in [6.07, 6.45) is 1.94. The van der Waals surface area contributed by atoms with Gasteiger partial charge in [0.15, 0.2) is 0 Å². The van der Waals surface area contributed by atoms with Crippen LogP contribution in [0.15, 0.2) is 18.3 Å². The number of carbonyl (C=O) groups is 1. The van der Waals surface area contributed by atoms with E-state index in [0.29, 0.717) is 32.9 Å². The van der Waals surface area contributed by atoms with Crippen molar-refractivity contribution in [2.45, 2.75) is 26.0 Å². The molecule has 0 aliphatic carbocycles. The third-order valence-electron chi connectivity index (χ3n) is 5.16. The smallest absolute Gasteiger partial charge is 0.225 e. The van der Waals surface area contributed by atoms with Crippen LogP contribution < -0.4 is 4.90 Å². The number of nitrogens with zero attached hydrogens (tertiary/aromatic N) is 4. The van der Waals surface area contributed by atoms with Gasteiger partial charge in [-0.2, -0.15) is 0 Å². The van der Waals surface area contributed by atoms with E-state index in [1.54, 1.807) is 0 Å². The molecular formula is C20H32N4O3.